The van der Waals surface area contributed by atoms with Gasteiger partial charge in [0, 0.05) is 12.6 Å². The van der Waals surface area contributed by atoms with Crippen LogP contribution in [-0.2, 0) is 33.5 Å². The monoisotopic (exact) mass is 557 g/mol. The van der Waals surface area contributed by atoms with Gasteiger partial charge in [-0.05, 0) is 34.2 Å². The van der Waals surface area contributed by atoms with Gasteiger partial charge in [0.25, 0.3) is 0 Å². The Balaban J connectivity index is 1.47. The van der Waals surface area contributed by atoms with E-state index in [0.717, 1.165) is 27.8 Å². The number of ether oxygens (including phenoxy) is 1. The second-order valence-corrected chi connectivity index (χ2v) is 12.2. The lowest BCUT2D eigenvalue weighted by Gasteiger charge is -2.26. The Morgan fingerprint density at radius 2 is 1.20 bits per heavy atom. The quantitative estimate of drug-likeness (QED) is 0.175. The highest BCUT2D eigenvalue weighted by Gasteiger charge is 2.37. The Kier molecular flexibility index (Phi) is 9.90. The Morgan fingerprint density at radius 3 is 1.77 bits per heavy atom. The van der Waals surface area contributed by atoms with Gasteiger partial charge < -0.3 is 20.1 Å². The summed E-state index contributed by atoms with van der Waals surface area (Å²) in [5.41, 5.74) is 4.27. The van der Waals surface area contributed by atoms with E-state index in [1.165, 1.54) is 0 Å². The SMILES string of the molecule is O=C(N[C@H](Cc1ccccc1)P(=O)(O)CC(Cc1ccc(-c2ccccc2)cc1)C(=O)O)OCc1ccccc1. The highest BCUT2D eigenvalue weighted by molar-refractivity contribution is 7.58. The van der Waals surface area contributed by atoms with Gasteiger partial charge in [0.05, 0.1) is 5.92 Å². The van der Waals surface area contributed by atoms with Crippen LogP contribution in [-0.4, -0.2) is 34.0 Å². The molecule has 0 aliphatic heterocycles. The molecule has 2 unspecified atom stereocenters. The van der Waals surface area contributed by atoms with Crippen LogP contribution in [0.1, 0.15) is 16.7 Å². The summed E-state index contributed by atoms with van der Waals surface area (Å²) >= 11 is 0. The zero-order valence-electron chi connectivity index (χ0n) is 21.9. The van der Waals surface area contributed by atoms with E-state index in [1.807, 2.05) is 78.9 Å². The number of carbonyl (C=O) groups is 2. The molecular weight excluding hydrogens is 525 g/mol. The van der Waals surface area contributed by atoms with Crippen LogP contribution in [0.3, 0.4) is 0 Å². The third kappa shape index (κ3) is 8.40. The molecule has 8 heteroatoms. The van der Waals surface area contributed by atoms with Crippen LogP contribution in [0.15, 0.2) is 115 Å². The highest BCUT2D eigenvalue weighted by atomic mass is 31.2. The van der Waals surface area contributed by atoms with Crippen LogP contribution < -0.4 is 5.32 Å². The third-order valence-corrected chi connectivity index (χ3v) is 8.88. The van der Waals surface area contributed by atoms with Crippen LogP contribution in [0.5, 0.6) is 0 Å². The minimum absolute atomic E-state index is 0.00279. The fraction of sp³-hybridized carbons (Fsp3) is 0.188. The van der Waals surface area contributed by atoms with Crippen LogP contribution in [0, 0.1) is 5.92 Å². The van der Waals surface area contributed by atoms with Gasteiger partial charge in [0.15, 0.2) is 0 Å². The summed E-state index contributed by atoms with van der Waals surface area (Å²) in [5.74, 6) is -3.52. The predicted molar refractivity (Wildman–Crippen MR) is 155 cm³/mol. The summed E-state index contributed by atoms with van der Waals surface area (Å²) < 4.78 is 19.0. The van der Waals surface area contributed by atoms with E-state index in [0.29, 0.717) is 0 Å². The van der Waals surface area contributed by atoms with Crippen molar-refractivity contribution in [1.82, 2.24) is 5.32 Å². The van der Waals surface area contributed by atoms with Gasteiger partial charge in [-0.1, -0.05) is 115 Å². The van der Waals surface area contributed by atoms with Crippen LogP contribution in [0.2, 0.25) is 0 Å². The minimum Gasteiger partial charge on any atom is -0.481 e. The number of carbonyl (C=O) groups excluding carboxylic acids is 1. The van der Waals surface area contributed by atoms with E-state index in [1.54, 1.807) is 36.4 Å². The molecule has 0 spiro atoms. The molecule has 40 heavy (non-hydrogen) atoms. The standard InChI is InChI=1S/C32H32NO6P/c34-31(35)29(20-25-16-18-28(19-17-25)27-14-8-3-9-15-27)23-40(37,38)30(21-24-10-4-1-5-11-24)33-32(36)39-22-26-12-6-2-7-13-26/h1-19,29-30H,20-23H2,(H,33,36)(H,34,35)(H,37,38)/t29?,30-/m0/s1. The number of carboxylic acid groups (broad SMARTS) is 1. The number of hydrogen-bond acceptors (Lipinski definition) is 4. The highest BCUT2D eigenvalue weighted by Crippen LogP contribution is 2.48. The van der Waals surface area contributed by atoms with Gasteiger partial charge >= 0.3 is 12.1 Å². The summed E-state index contributed by atoms with van der Waals surface area (Å²) in [4.78, 5) is 36.0. The van der Waals surface area contributed by atoms with E-state index < -0.39 is 37.3 Å². The van der Waals surface area contributed by atoms with Crippen molar-refractivity contribution in [3.05, 3.63) is 132 Å². The maximum atomic E-state index is 13.7. The summed E-state index contributed by atoms with van der Waals surface area (Å²) in [6.45, 7) is -0.00279. The molecule has 206 valence electrons. The number of nitrogens with one attached hydrogen (secondary N) is 1. The number of aliphatic carboxylic acids is 1. The second-order valence-electron chi connectivity index (χ2n) is 9.65. The molecule has 7 nitrogen and oxygen atoms in total. The molecule has 0 saturated carbocycles. The third-order valence-electron chi connectivity index (χ3n) is 6.63. The lowest BCUT2D eigenvalue weighted by Crippen LogP contribution is -2.38. The average molecular weight is 558 g/mol. The fourth-order valence-corrected chi connectivity index (χ4v) is 6.43. The molecule has 0 aliphatic rings. The molecule has 0 saturated heterocycles. The molecule has 0 radical (unpaired) electrons. The van der Waals surface area contributed by atoms with Gasteiger partial charge in [0.2, 0.25) is 7.37 Å². The first-order chi connectivity index (χ1) is 19.3. The molecule has 3 atom stereocenters. The lowest BCUT2D eigenvalue weighted by molar-refractivity contribution is -0.141. The summed E-state index contributed by atoms with van der Waals surface area (Å²) in [6, 6.07) is 35.3. The van der Waals surface area contributed by atoms with Gasteiger partial charge in [-0.25, -0.2) is 4.79 Å². The fourth-order valence-electron chi connectivity index (χ4n) is 4.45. The van der Waals surface area contributed by atoms with Crippen molar-refractivity contribution >= 4 is 19.4 Å². The topological polar surface area (TPSA) is 113 Å². The van der Waals surface area contributed by atoms with Crippen molar-refractivity contribution in [3.63, 3.8) is 0 Å². The molecule has 0 heterocycles. The molecule has 3 N–H and O–H groups in total. The summed E-state index contributed by atoms with van der Waals surface area (Å²) in [5, 5.41) is 12.5. The van der Waals surface area contributed by atoms with E-state index in [2.05, 4.69) is 5.32 Å². The van der Waals surface area contributed by atoms with Crippen molar-refractivity contribution in [2.75, 3.05) is 6.16 Å². The zero-order valence-corrected chi connectivity index (χ0v) is 22.8. The molecule has 4 aromatic rings. The maximum absolute atomic E-state index is 13.7. The van der Waals surface area contributed by atoms with Crippen molar-refractivity contribution in [2.45, 2.75) is 25.2 Å². The second kappa shape index (κ2) is 13.7. The van der Waals surface area contributed by atoms with Gasteiger partial charge in [0.1, 0.15) is 12.4 Å². The van der Waals surface area contributed by atoms with Crippen LogP contribution >= 0.6 is 7.37 Å². The normalized spacial score (nSPS) is 13.9. The Morgan fingerprint density at radius 1 is 0.700 bits per heavy atom. The number of benzene rings is 4. The van der Waals surface area contributed by atoms with Gasteiger partial charge in [-0.2, -0.15) is 0 Å². The molecule has 1 amide bonds. The smallest absolute Gasteiger partial charge is 0.408 e. The molecular formula is C32H32NO6P. The van der Waals surface area contributed by atoms with Crippen LogP contribution in [0.25, 0.3) is 11.1 Å². The average Bonchev–Trinajstić information content (AvgIpc) is 2.97. The first kappa shape index (κ1) is 28.8. The Bertz CT molecular complexity index is 1430. The van der Waals surface area contributed by atoms with E-state index >= 15 is 0 Å². The number of alkyl carbamates (subject to hydrolysis) is 1. The predicted octanol–water partition coefficient (Wildman–Crippen LogP) is 6.36. The summed E-state index contributed by atoms with van der Waals surface area (Å²) in [7, 11) is -4.21. The molecule has 4 rings (SSSR count). The molecule has 0 aliphatic carbocycles. The Labute approximate surface area is 233 Å². The van der Waals surface area contributed by atoms with Crippen molar-refractivity contribution in [2.24, 2.45) is 5.92 Å². The minimum atomic E-state index is -4.21. The zero-order chi connectivity index (χ0) is 28.4. The van der Waals surface area contributed by atoms with Crippen LogP contribution in [0.4, 0.5) is 4.79 Å². The molecule has 0 aromatic heterocycles. The van der Waals surface area contributed by atoms with Gasteiger partial charge in [-0.3, -0.25) is 9.36 Å². The first-order valence-corrected chi connectivity index (χ1v) is 14.9. The lowest BCUT2D eigenvalue weighted by atomic mass is 9.98. The summed E-state index contributed by atoms with van der Waals surface area (Å²) in [6.07, 6.45) is -1.22. The number of amides is 1. The van der Waals surface area contributed by atoms with Crippen molar-refractivity contribution < 1.29 is 28.9 Å². The van der Waals surface area contributed by atoms with Crippen molar-refractivity contribution in [1.29, 1.82) is 0 Å². The number of carboxylic acids is 1. The number of rotatable bonds is 12. The maximum Gasteiger partial charge on any atom is 0.408 e. The number of hydrogen-bond donors (Lipinski definition) is 3. The molecule has 0 fully saturated rings. The Hall–Kier alpha value is -4.19. The molecule has 0 bridgehead atoms. The first-order valence-electron chi connectivity index (χ1n) is 13.0. The van der Waals surface area contributed by atoms with E-state index in [4.69, 9.17) is 4.74 Å². The van der Waals surface area contributed by atoms with E-state index in [9.17, 15) is 24.2 Å². The largest absolute Gasteiger partial charge is 0.481 e. The molecule has 4 aromatic carbocycles. The van der Waals surface area contributed by atoms with Gasteiger partial charge in [-0.15, -0.1) is 0 Å². The van der Waals surface area contributed by atoms with Crippen molar-refractivity contribution in [3.8, 4) is 11.1 Å². The van der Waals surface area contributed by atoms with E-state index in [-0.39, 0.29) is 19.4 Å².